The first-order chi connectivity index (χ1) is 12.6. The summed E-state index contributed by atoms with van der Waals surface area (Å²) in [6.07, 6.45) is 3.53. The summed E-state index contributed by atoms with van der Waals surface area (Å²) < 4.78 is 1.77. The predicted octanol–water partition coefficient (Wildman–Crippen LogP) is 2.28. The van der Waals surface area contributed by atoms with E-state index in [0.29, 0.717) is 13.1 Å². The number of benzene rings is 1. The smallest absolute Gasteiger partial charge is 0.309 e. The van der Waals surface area contributed by atoms with Crippen LogP contribution in [0, 0.1) is 6.92 Å². The molecule has 1 atom stereocenters. The van der Waals surface area contributed by atoms with E-state index < -0.39 is 11.8 Å². The molecule has 1 aromatic carbocycles. The topological polar surface area (TPSA) is 76.0 Å². The van der Waals surface area contributed by atoms with Gasteiger partial charge in [0, 0.05) is 30.4 Å². The summed E-state index contributed by atoms with van der Waals surface area (Å²) in [6, 6.07) is 13.4. The second kappa shape index (κ2) is 8.44. The van der Waals surface area contributed by atoms with Gasteiger partial charge in [-0.2, -0.15) is 5.10 Å². The second-order valence-electron chi connectivity index (χ2n) is 5.90. The molecule has 0 fully saturated rings. The average Bonchev–Trinajstić information content (AvgIpc) is 3.35. The zero-order valence-electron chi connectivity index (χ0n) is 14.4. The summed E-state index contributed by atoms with van der Waals surface area (Å²) in [5, 5.41) is 11.6. The highest BCUT2D eigenvalue weighted by atomic mass is 32.1. The molecule has 0 aliphatic carbocycles. The standard InChI is InChI=1S/C19H20N4O2S/c1-14-5-7-15(8-6-14)12-20-18(24)19(25)21-13-16(17-4-2-11-26-17)23-10-3-9-22-23/h2-11,16H,12-13H2,1H3,(H,20,24)(H,21,25). The van der Waals surface area contributed by atoms with Gasteiger partial charge in [-0.25, -0.2) is 0 Å². The molecule has 0 saturated heterocycles. The molecule has 2 aromatic heterocycles. The molecule has 3 rings (SSSR count). The number of thiophene rings is 1. The monoisotopic (exact) mass is 368 g/mol. The summed E-state index contributed by atoms with van der Waals surface area (Å²) in [4.78, 5) is 25.2. The number of hydrogen-bond donors (Lipinski definition) is 2. The lowest BCUT2D eigenvalue weighted by Gasteiger charge is -2.17. The van der Waals surface area contributed by atoms with Gasteiger partial charge >= 0.3 is 11.8 Å². The quantitative estimate of drug-likeness (QED) is 0.656. The Morgan fingerprint density at radius 1 is 1.12 bits per heavy atom. The maximum atomic E-state index is 12.1. The minimum Gasteiger partial charge on any atom is -0.345 e. The number of nitrogens with zero attached hydrogens (tertiary/aromatic N) is 2. The van der Waals surface area contributed by atoms with Gasteiger partial charge in [0.15, 0.2) is 0 Å². The van der Waals surface area contributed by atoms with Gasteiger partial charge in [0.25, 0.3) is 0 Å². The number of amides is 2. The van der Waals surface area contributed by atoms with Gasteiger partial charge in [-0.3, -0.25) is 14.3 Å². The predicted molar refractivity (Wildman–Crippen MR) is 101 cm³/mol. The van der Waals surface area contributed by atoms with Crippen LogP contribution in [0.25, 0.3) is 0 Å². The van der Waals surface area contributed by atoms with E-state index in [1.807, 2.05) is 61.0 Å². The van der Waals surface area contributed by atoms with E-state index in [-0.39, 0.29) is 6.04 Å². The van der Waals surface area contributed by atoms with Crippen LogP contribution < -0.4 is 10.6 Å². The molecule has 2 N–H and O–H groups in total. The number of nitrogens with one attached hydrogen (secondary N) is 2. The first-order valence-electron chi connectivity index (χ1n) is 8.27. The lowest BCUT2D eigenvalue weighted by atomic mass is 10.1. The molecule has 0 saturated carbocycles. The van der Waals surface area contributed by atoms with Crippen LogP contribution in [0.2, 0.25) is 0 Å². The molecular formula is C19H20N4O2S. The third kappa shape index (κ3) is 4.58. The van der Waals surface area contributed by atoms with Crippen molar-refractivity contribution in [1.29, 1.82) is 0 Å². The maximum absolute atomic E-state index is 12.1. The second-order valence-corrected chi connectivity index (χ2v) is 6.87. The maximum Gasteiger partial charge on any atom is 0.309 e. The van der Waals surface area contributed by atoms with Crippen molar-refractivity contribution in [3.63, 3.8) is 0 Å². The molecular weight excluding hydrogens is 348 g/mol. The molecule has 26 heavy (non-hydrogen) atoms. The van der Waals surface area contributed by atoms with Crippen LogP contribution >= 0.6 is 11.3 Å². The molecule has 0 radical (unpaired) electrons. The van der Waals surface area contributed by atoms with Gasteiger partial charge in [0.1, 0.15) is 6.04 Å². The zero-order chi connectivity index (χ0) is 18.4. The fraction of sp³-hybridized carbons (Fsp3) is 0.211. The summed E-state index contributed by atoms with van der Waals surface area (Å²) in [7, 11) is 0. The Labute approximate surface area is 155 Å². The van der Waals surface area contributed by atoms with E-state index >= 15 is 0 Å². The fourth-order valence-corrected chi connectivity index (χ4v) is 3.33. The number of rotatable bonds is 6. The van der Waals surface area contributed by atoms with Crippen LogP contribution in [0.5, 0.6) is 0 Å². The van der Waals surface area contributed by atoms with Crippen molar-refractivity contribution in [2.24, 2.45) is 0 Å². The van der Waals surface area contributed by atoms with Crippen molar-refractivity contribution in [2.75, 3.05) is 6.54 Å². The highest BCUT2D eigenvalue weighted by Crippen LogP contribution is 2.21. The molecule has 2 amide bonds. The van der Waals surface area contributed by atoms with Gasteiger partial charge in [-0.05, 0) is 30.0 Å². The number of aryl methyl sites for hydroxylation is 1. The number of aromatic nitrogens is 2. The molecule has 0 spiro atoms. The molecule has 7 heteroatoms. The molecule has 0 aliphatic heterocycles. The summed E-state index contributed by atoms with van der Waals surface area (Å²) in [5.74, 6) is -1.29. The Bertz CT molecular complexity index is 808. The molecule has 0 bridgehead atoms. The summed E-state index contributed by atoms with van der Waals surface area (Å²) in [6.45, 7) is 2.61. The minimum absolute atomic E-state index is 0.140. The van der Waals surface area contributed by atoms with Crippen LogP contribution in [0.15, 0.2) is 60.2 Å². The third-order valence-electron chi connectivity index (χ3n) is 3.95. The lowest BCUT2D eigenvalue weighted by molar-refractivity contribution is -0.139. The van der Waals surface area contributed by atoms with Crippen LogP contribution in [0.4, 0.5) is 0 Å². The van der Waals surface area contributed by atoms with Crippen molar-refractivity contribution < 1.29 is 9.59 Å². The Hall–Kier alpha value is -2.93. The highest BCUT2D eigenvalue weighted by molar-refractivity contribution is 7.10. The van der Waals surface area contributed by atoms with Crippen LogP contribution in [-0.4, -0.2) is 28.1 Å². The van der Waals surface area contributed by atoms with Crippen LogP contribution in [0.1, 0.15) is 22.0 Å². The van der Waals surface area contributed by atoms with Crippen LogP contribution in [0.3, 0.4) is 0 Å². The zero-order valence-corrected chi connectivity index (χ0v) is 15.2. The molecule has 134 valence electrons. The van der Waals surface area contributed by atoms with E-state index in [1.54, 1.807) is 22.2 Å². The molecule has 3 aromatic rings. The fourth-order valence-electron chi connectivity index (χ4n) is 2.51. The first-order valence-corrected chi connectivity index (χ1v) is 9.15. The largest absolute Gasteiger partial charge is 0.345 e. The van der Waals surface area contributed by atoms with Crippen molar-refractivity contribution in [1.82, 2.24) is 20.4 Å². The van der Waals surface area contributed by atoms with E-state index in [4.69, 9.17) is 0 Å². The van der Waals surface area contributed by atoms with Gasteiger partial charge in [0.2, 0.25) is 0 Å². The van der Waals surface area contributed by atoms with Crippen LogP contribution in [-0.2, 0) is 16.1 Å². The van der Waals surface area contributed by atoms with E-state index in [9.17, 15) is 9.59 Å². The number of carbonyl (C=O) groups is 2. The van der Waals surface area contributed by atoms with Crippen molar-refractivity contribution in [3.8, 4) is 0 Å². The Balaban J connectivity index is 1.54. The number of hydrogen-bond acceptors (Lipinski definition) is 4. The summed E-state index contributed by atoms with van der Waals surface area (Å²) >= 11 is 1.59. The van der Waals surface area contributed by atoms with Crippen molar-refractivity contribution in [2.45, 2.75) is 19.5 Å². The minimum atomic E-state index is -0.647. The Morgan fingerprint density at radius 3 is 2.54 bits per heavy atom. The van der Waals surface area contributed by atoms with E-state index in [2.05, 4.69) is 15.7 Å². The lowest BCUT2D eigenvalue weighted by Crippen LogP contribution is -2.41. The SMILES string of the molecule is Cc1ccc(CNC(=O)C(=O)NCC(c2cccs2)n2cccn2)cc1. The molecule has 6 nitrogen and oxygen atoms in total. The molecule has 2 heterocycles. The van der Waals surface area contributed by atoms with Gasteiger partial charge < -0.3 is 10.6 Å². The number of carbonyl (C=O) groups excluding carboxylic acids is 2. The summed E-state index contributed by atoms with van der Waals surface area (Å²) in [5.41, 5.74) is 2.10. The Morgan fingerprint density at radius 2 is 1.88 bits per heavy atom. The van der Waals surface area contributed by atoms with Crippen molar-refractivity contribution >= 4 is 23.2 Å². The first kappa shape index (κ1) is 17.9. The van der Waals surface area contributed by atoms with Crippen molar-refractivity contribution in [3.05, 3.63) is 76.2 Å². The Kier molecular flexibility index (Phi) is 5.80. The third-order valence-corrected chi connectivity index (χ3v) is 4.93. The van der Waals surface area contributed by atoms with E-state index in [0.717, 1.165) is 16.0 Å². The van der Waals surface area contributed by atoms with E-state index in [1.165, 1.54) is 0 Å². The van der Waals surface area contributed by atoms with Gasteiger partial charge in [0.05, 0.1) is 0 Å². The average molecular weight is 368 g/mol. The van der Waals surface area contributed by atoms with Gasteiger partial charge in [-0.1, -0.05) is 35.9 Å². The normalized spacial score (nSPS) is 11.7. The highest BCUT2D eigenvalue weighted by Gasteiger charge is 2.19. The molecule has 1 unspecified atom stereocenters. The van der Waals surface area contributed by atoms with Gasteiger partial charge in [-0.15, -0.1) is 11.3 Å². The molecule has 0 aliphatic rings.